The maximum absolute atomic E-state index is 9.48. The lowest BCUT2D eigenvalue weighted by Crippen LogP contribution is -2.50. The number of rotatable bonds is 13. The van der Waals surface area contributed by atoms with E-state index < -0.39 is 11.8 Å². The predicted molar refractivity (Wildman–Crippen MR) is 95.0 cm³/mol. The maximum Gasteiger partial charge on any atom is 0.175 e. The second kappa shape index (κ2) is 16.0. The van der Waals surface area contributed by atoms with Crippen molar-refractivity contribution in [2.45, 2.75) is 86.0 Å². The first-order valence-electron chi connectivity index (χ1n) is 9.46. The normalized spacial score (nSPS) is 10.8. The molecule has 23 heavy (non-hydrogen) atoms. The van der Waals surface area contributed by atoms with Crippen molar-refractivity contribution < 1.29 is 19.2 Å². The van der Waals surface area contributed by atoms with E-state index in [2.05, 4.69) is 27.7 Å². The van der Waals surface area contributed by atoms with Gasteiger partial charge in [-0.05, 0) is 25.7 Å². The Morgan fingerprint density at radius 3 is 1.04 bits per heavy atom. The number of hydrogen-bond donors (Lipinski definition) is 0. The molecule has 4 nitrogen and oxygen atoms in total. The van der Waals surface area contributed by atoms with Gasteiger partial charge in [0.1, 0.15) is 5.97 Å². The third kappa shape index (κ3) is 14.4. The van der Waals surface area contributed by atoms with Crippen molar-refractivity contribution in [2.75, 3.05) is 26.2 Å². The second-order valence-electron chi connectivity index (χ2n) is 6.49. The summed E-state index contributed by atoms with van der Waals surface area (Å²) in [6.07, 6.45) is 11.1. The van der Waals surface area contributed by atoms with Gasteiger partial charge in [-0.25, -0.2) is 0 Å². The van der Waals surface area contributed by atoms with E-state index in [-0.39, 0.29) is 0 Å². The summed E-state index contributed by atoms with van der Waals surface area (Å²) in [5, 5.41) is 9.24. The molecule has 0 spiro atoms. The molecule has 0 atom stereocenters. The number of ketones is 1. The molecule has 0 aliphatic carbocycles. The fourth-order valence-electron chi connectivity index (χ4n) is 2.64. The summed E-state index contributed by atoms with van der Waals surface area (Å²) in [5.41, 5.74) is 0. The van der Waals surface area contributed by atoms with Gasteiger partial charge in [0, 0.05) is 6.92 Å². The number of carbonyl (C=O) groups is 2. The Balaban J connectivity index is 0. The van der Waals surface area contributed by atoms with Crippen molar-refractivity contribution in [3.8, 4) is 0 Å². The zero-order valence-electron chi connectivity index (χ0n) is 16.2. The summed E-state index contributed by atoms with van der Waals surface area (Å²) in [6, 6.07) is 0. The number of unbranched alkanes of at least 4 members (excludes halogenated alkanes) is 4. The van der Waals surface area contributed by atoms with Gasteiger partial charge in [0.15, 0.2) is 5.78 Å². The molecule has 0 saturated heterocycles. The molecule has 0 aliphatic heterocycles. The number of carboxylic acid groups (broad SMARTS) is 1. The molecule has 138 valence electrons. The van der Waals surface area contributed by atoms with Crippen LogP contribution in [0.25, 0.3) is 0 Å². The summed E-state index contributed by atoms with van der Waals surface area (Å²) >= 11 is 0. The van der Waals surface area contributed by atoms with Crippen molar-refractivity contribution in [3.63, 3.8) is 0 Å². The first-order chi connectivity index (χ1) is 10.9. The number of hydrogen-bond acceptors (Lipinski definition) is 3. The van der Waals surface area contributed by atoms with E-state index in [4.69, 9.17) is 0 Å². The van der Waals surface area contributed by atoms with Crippen LogP contribution in [0.1, 0.15) is 86.0 Å². The quantitative estimate of drug-likeness (QED) is 0.385. The minimum atomic E-state index is -1.63. The highest BCUT2D eigenvalue weighted by Crippen LogP contribution is 2.16. The Hall–Kier alpha value is -0.900. The topological polar surface area (TPSA) is 57.2 Å². The predicted octanol–water partition coefficient (Wildman–Crippen LogP) is 3.33. The molecule has 0 amide bonds. The van der Waals surface area contributed by atoms with Gasteiger partial charge in [0.05, 0.1) is 26.2 Å². The van der Waals surface area contributed by atoms with Crippen LogP contribution < -0.4 is 5.11 Å². The Bertz CT molecular complexity index is 253. The van der Waals surface area contributed by atoms with Crippen LogP contribution in [0.5, 0.6) is 0 Å². The smallest absolute Gasteiger partial charge is 0.175 e. The minimum Gasteiger partial charge on any atom is -0.542 e. The van der Waals surface area contributed by atoms with Gasteiger partial charge in [-0.1, -0.05) is 53.4 Å². The standard InChI is InChI=1S/C16H36N.C3H4O3/c1-5-9-13-17(14-10-6-2,15-11-7-3)16-12-8-4;1-2(4)3(5)6/h5-16H2,1-4H3;1H3,(H,5,6)/q+1;/p-1. The van der Waals surface area contributed by atoms with Crippen molar-refractivity contribution in [3.05, 3.63) is 0 Å². The number of quaternary nitrogens is 1. The van der Waals surface area contributed by atoms with Crippen molar-refractivity contribution in [2.24, 2.45) is 0 Å². The first-order valence-corrected chi connectivity index (χ1v) is 9.46. The largest absolute Gasteiger partial charge is 0.542 e. The fourth-order valence-corrected chi connectivity index (χ4v) is 2.64. The molecular weight excluding hydrogens is 290 g/mol. The molecule has 4 heteroatoms. The van der Waals surface area contributed by atoms with Crippen LogP contribution in [0.2, 0.25) is 0 Å². The van der Waals surface area contributed by atoms with Crippen LogP contribution in [0.15, 0.2) is 0 Å². The molecule has 0 rings (SSSR count). The summed E-state index contributed by atoms with van der Waals surface area (Å²) in [6.45, 7) is 16.0. The SMILES string of the molecule is CC(=O)C(=O)[O-].CCCC[N+](CCCC)(CCCC)CCCC. The highest BCUT2D eigenvalue weighted by atomic mass is 16.4. The minimum absolute atomic E-state index is 0.935. The molecule has 0 unspecified atom stereocenters. The first kappa shape index (κ1) is 24.4. The van der Waals surface area contributed by atoms with Crippen LogP contribution in [0.3, 0.4) is 0 Å². The third-order valence-electron chi connectivity index (χ3n) is 4.23. The van der Waals surface area contributed by atoms with Gasteiger partial charge in [0.2, 0.25) is 0 Å². The lowest BCUT2D eigenvalue weighted by atomic mass is 10.1. The van der Waals surface area contributed by atoms with Gasteiger partial charge in [-0.15, -0.1) is 0 Å². The Labute approximate surface area is 143 Å². The van der Waals surface area contributed by atoms with Crippen molar-refractivity contribution >= 4 is 11.8 Å². The number of carbonyl (C=O) groups excluding carboxylic acids is 2. The molecule has 0 aromatic heterocycles. The summed E-state index contributed by atoms with van der Waals surface area (Å²) in [7, 11) is 0. The molecular formula is C19H39NO3. The Morgan fingerprint density at radius 1 is 0.696 bits per heavy atom. The molecule has 0 bridgehead atoms. The monoisotopic (exact) mass is 329 g/mol. The highest BCUT2D eigenvalue weighted by molar-refractivity contribution is 6.30. The van der Waals surface area contributed by atoms with Crippen LogP contribution in [-0.4, -0.2) is 42.4 Å². The number of Topliss-reactive ketones (excluding diaryl/α,β-unsaturated/α-hetero) is 1. The van der Waals surface area contributed by atoms with E-state index in [9.17, 15) is 14.7 Å². The fraction of sp³-hybridized carbons (Fsp3) is 0.895. The van der Waals surface area contributed by atoms with Crippen LogP contribution in [0, 0.1) is 0 Å². The third-order valence-corrected chi connectivity index (χ3v) is 4.23. The van der Waals surface area contributed by atoms with Gasteiger partial charge in [0.25, 0.3) is 0 Å². The maximum atomic E-state index is 9.48. The van der Waals surface area contributed by atoms with E-state index in [0.29, 0.717) is 0 Å². The molecule has 0 fully saturated rings. The molecule has 0 N–H and O–H groups in total. The van der Waals surface area contributed by atoms with Crippen LogP contribution >= 0.6 is 0 Å². The Kier molecular flexibility index (Phi) is 16.9. The molecule has 0 aromatic carbocycles. The lowest BCUT2D eigenvalue weighted by Gasteiger charge is -2.39. The van der Waals surface area contributed by atoms with E-state index >= 15 is 0 Å². The van der Waals surface area contributed by atoms with Gasteiger partial charge in [-0.2, -0.15) is 0 Å². The molecule has 0 aliphatic rings. The van der Waals surface area contributed by atoms with Crippen molar-refractivity contribution in [1.29, 1.82) is 0 Å². The molecule has 0 saturated carbocycles. The summed E-state index contributed by atoms with van der Waals surface area (Å²) in [5.74, 6) is -2.56. The van der Waals surface area contributed by atoms with Gasteiger partial charge in [-0.3, -0.25) is 4.79 Å². The van der Waals surface area contributed by atoms with Crippen molar-refractivity contribution in [1.82, 2.24) is 0 Å². The molecule has 0 aromatic rings. The van der Waals surface area contributed by atoms with Crippen LogP contribution in [0.4, 0.5) is 0 Å². The average Bonchev–Trinajstić information content (AvgIpc) is 2.54. The zero-order chi connectivity index (χ0) is 18.1. The van der Waals surface area contributed by atoms with E-state index in [1.807, 2.05) is 0 Å². The highest BCUT2D eigenvalue weighted by Gasteiger charge is 2.24. The van der Waals surface area contributed by atoms with E-state index in [1.165, 1.54) is 82.0 Å². The number of carboxylic acids is 1. The number of nitrogens with zero attached hydrogens (tertiary/aromatic N) is 1. The Morgan fingerprint density at radius 2 is 0.913 bits per heavy atom. The molecule has 0 radical (unpaired) electrons. The average molecular weight is 330 g/mol. The van der Waals surface area contributed by atoms with E-state index in [0.717, 1.165) is 6.92 Å². The zero-order valence-corrected chi connectivity index (χ0v) is 16.2. The van der Waals surface area contributed by atoms with Gasteiger partial charge >= 0.3 is 0 Å². The summed E-state index contributed by atoms with van der Waals surface area (Å²) < 4.78 is 1.42. The van der Waals surface area contributed by atoms with Gasteiger partial charge < -0.3 is 14.4 Å². The lowest BCUT2D eigenvalue weighted by molar-refractivity contribution is -0.929. The number of aliphatic carboxylic acids is 1. The van der Waals surface area contributed by atoms with Crippen LogP contribution in [-0.2, 0) is 9.59 Å². The second-order valence-corrected chi connectivity index (χ2v) is 6.49. The van der Waals surface area contributed by atoms with E-state index in [1.54, 1.807) is 0 Å². The summed E-state index contributed by atoms with van der Waals surface area (Å²) in [4.78, 5) is 18.7. The molecule has 0 heterocycles.